The van der Waals surface area contributed by atoms with E-state index < -0.39 is 11.7 Å². The van der Waals surface area contributed by atoms with Crippen molar-refractivity contribution in [1.29, 1.82) is 0 Å². The summed E-state index contributed by atoms with van der Waals surface area (Å²) in [7, 11) is 0. The number of aromatic nitrogens is 5. The smallest absolute Gasteiger partial charge is 0.411 e. The third kappa shape index (κ3) is 3.40. The Bertz CT molecular complexity index is 1060. The van der Waals surface area contributed by atoms with Gasteiger partial charge in [-0.3, -0.25) is 0 Å². The molecule has 6 nitrogen and oxygen atoms in total. The first-order chi connectivity index (χ1) is 12.5. The molecule has 3 aromatic heterocycles. The molecule has 0 saturated heterocycles. The molecule has 0 spiro atoms. The lowest BCUT2D eigenvalue weighted by Crippen LogP contribution is -2.04. The number of rotatable bonds is 4. The number of benzene rings is 1. The van der Waals surface area contributed by atoms with E-state index in [0.29, 0.717) is 22.7 Å². The number of fused-ring (bicyclic) bond motifs is 1. The van der Waals surface area contributed by atoms with Crippen molar-refractivity contribution in [2.24, 2.45) is 0 Å². The average molecular weight is 377 g/mol. The molecule has 3 heterocycles. The van der Waals surface area contributed by atoms with E-state index in [9.17, 15) is 13.2 Å². The van der Waals surface area contributed by atoms with Gasteiger partial charge in [-0.05, 0) is 23.8 Å². The molecule has 1 aromatic carbocycles. The lowest BCUT2D eigenvalue weighted by atomic mass is 10.1. The molecule has 0 atom stereocenters. The number of pyridine rings is 1. The molecule has 0 amide bonds. The van der Waals surface area contributed by atoms with Crippen LogP contribution in [0.2, 0.25) is 0 Å². The van der Waals surface area contributed by atoms with Crippen molar-refractivity contribution in [3.8, 4) is 11.5 Å². The van der Waals surface area contributed by atoms with Gasteiger partial charge in [0.2, 0.25) is 5.89 Å². The van der Waals surface area contributed by atoms with Gasteiger partial charge in [0.1, 0.15) is 6.33 Å². The zero-order chi connectivity index (χ0) is 18.1. The first-order valence-electron chi connectivity index (χ1n) is 7.41. The minimum absolute atomic E-state index is 0.277. The monoisotopic (exact) mass is 377 g/mol. The third-order valence-electron chi connectivity index (χ3n) is 3.55. The van der Waals surface area contributed by atoms with Gasteiger partial charge in [0.25, 0.3) is 5.22 Å². The van der Waals surface area contributed by atoms with Crippen LogP contribution >= 0.6 is 11.8 Å². The van der Waals surface area contributed by atoms with Gasteiger partial charge in [-0.1, -0.05) is 30.0 Å². The summed E-state index contributed by atoms with van der Waals surface area (Å²) >= 11 is 1.17. The van der Waals surface area contributed by atoms with Crippen LogP contribution in [0.4, 0.5) is 13.2 Å². The Hall–Kier alpha value is -2.88. The minimum atomic E-state index is -4.36. The van der Waals surface area contributed by atoms with Crippen LogP contribution in [0.3, 0.4) is 0 Å². The second kappa shape index (κ2) is 6.45. The van der Waals surface area contributed by atoms with Gasteiger partial charge >= 0.3 is 6.18 Å². The maximum atomic E-state index is 12.8. The van der Waals surface area contributed by atoms with E-state index >= 15 is 0 Å². The van der Waals surface area contributed by atoms with Crippen LogP contribution in [0.25, 0.3) is 17.1 Å². The maximum absolute atomic E-state index is 12.8. The molecule has 0 unspecified atom stereocenters. The van der Waals surface area contributed by atoms with Crippen molar-refractivity contribution in [3.63, 3.8) is 0 Å². The molecule has 0 fully saturated rings. The number of alkyl halides is 3. The molecule has 0 saturated carbocycles. The number of nitrogens with zero attached hydrogens (tertiary/aromatic N) is 5. The van der Waals surface area contributed by atoms with Crippen molar-refractivity contribution < 1.29 is 17.6 Å². The van der Waals surface area contributed by atoms with Crippen LogP contribution in [0.1, 0.15) is 11.1 Å². The van der Waals surface area contributed by atoms with E-state index in [1.165, 1.54) is 24.2 Å². The van der Waals surface area contributed by atoms with E-state index in [-0.39, 0.29) is 11.0 Å². The predicted molar refractivity (Wildman–Crippen MR) is 87.3 cm³/mol. The summed E-state index contributed by atoms with van der Waals surface area (Å²) in [5.41, 5.74) is 1.17. The Morgan fingerprint density at radius 2 is 2.00 bits per heavy atom. The van der Waals surface area contributed by atoms with Gasteiger partial charge in [0.05, 0.1) is 5.56 Å². The van der Waals surface area contributed by atoms with E-state index in [4.69, 9.17) is 4.42 Å². The molecule has 0 radical (unpaired) electrons. The minimum Gasteiger partial charge on any atom is -0.411 e. The average Bonchev–Trinajstić information content (AvgIpc) is 3.28. The zero-order valence-corrected chi connectivity index (χ0v) is 13.8. The largest absolute Gasteiger partial charge is 0.416 e. The van der Waals surface area contributed by atoms with E-state index in [2.05, 4.69) is 20.3 Å². The van der Waals surface area contributed by atoms with Crippen molar-refractivity contribution in [1.82, 2.24) is 24.8 Å². The normalized spacial score (nSPS) is 12.0. The van der Waals surface area contributed by atoms with Crippen LogP contribution in [0.15, 0.2) is 58.6 Å². The zero-order valence-electron chi connectivity index (χ0n) is 13.0. The van der Waals surface area contributed by atoms with Crippen LogP contribution < -0.4 is 0 Å². The van der Waals surface area contributed by atoms with Crippen molar-refractivity contribution in [2.75, 3.05) is 0 Å². The molecule has 0 aliphatic heterocycles. The predicted octanol–water partition coefficient (Wildman–Crippen LogP) is 4.09. The molecule has 4 aromatic rings. The molecular weight excluding hydrogens is 367 g/mol. The Labute approximate surface area is 149 Å². The number of hydrogen-bond acceptors (Lipinski definition) is 6. The highest BCUT2D eigenvalue weighted by Gasteiger charge is 2.30. The molecule has 10 heteroatoms. The highest BCUT2D eigenvalue weighted by molar-refractivity contribution is 7.98. The molecule has 132 valence electrons. The molecular formula is C16H10F3N5OS. The fraction of sp³-hybridized carbons (Fsp3) is 0.125. The van der Waals surface area contributed by atoms with Gasteiger partial charge in [-0.2, -0.15) is 18.3 Å². The standard InChI is InChI=1S/C16H10F3N5OS/c17-16(18,19)12-3-1-2-10(6-12)8-26-15-23-22-14(25-15)11-4-5-24-13(7-11)20-9-21-24/h1-7,9H,8H2. The molecule has 0 bridgehead atoms. The van der Waals surface area contributed by atoms with E-state index in [0.717, 1.165) is 12.1 Å². The summed E-state index contributed by atoms with van der Waals surface area (Å²) in [6.07, 6.45) is -1.21. The Kier molecular flexibility index (Phi) is 4.11. The molecule has 4 rings (SSSR count). The van der Waals surface area contributed by atoms with Crippen LogP contribution in [0, 0.1) is 0 Å². The summed E-state index contributed by atoms with van der Waals surface area (Å²) in [5, 5.41) is 12.2. The van der Waals surface area contributed by atoms with Crippen LogP contribution in [-0.4, -0.2) is 24.8 Å². The van der Waals surface area contributed by atoms with Gasteiger partial charge in [0.15, 0.2) is 5.65 Å². The Balaban J connectivity index is 1.48. The summed E-state index contributed by atoms with van der Waals surface area (Å²) in [4.78, 5) is 4.08. The first kappa shape index (κ1) is 16.6. The van der Waals surface area contributed by atoms with Crippen molar-refractivity contribution in [3.05, 3.63) is 60.0 Å². The lowest BCUT2D eigenvalue weighted by Gasteiger charge is -2.07. The number of halogens is 3. The summed E-state index contributed by atoms with van der Waals surface area (Å²) in [5.74, 6) is 0.594. The van der Waals surface area contributed by atoms with Crippen molar-refractivity contribution >= 4 is 17.4 Å². The molecule has 0 N–H and O–H groups in total. The van der Waals surface area contributed by atoms with Gasteiger partial charge < -0.3 is 4.42 Å². The number of hydrogen-bond donors (Lipinski definition) is 0. The Morgan fingerprint density at radius 1 is 1.12 bits per heavy atom. The van der Waals surface area contributed by atoms with Gasteiger partial charge in [0, 0.05) is 17.5 Å². The maximum Gasteiger partial charge on any atom is 0.416 e. The van der Waals surface area contributed by atoms with E-state index in [1.807, 2.05) is 0 Å². The topological polar surface area (TPSA) is 69.1 Å². The highest BCUT2D eigenvalue weighted by atomic mass is 32.2. The summed E-state index contributed by atoms with van der Waals surface area (Å²) in [6, 6.07) is 8.67. The Morgan fingerprint density at radius 3 is 2.85 bits per heavy atom. The molecule has 0 aliphatic rings. The quantitative estimate of drug-likeness (QED) is 0.499. The fourth-order valence-electron chi connectivity index (χ4n) is 2.32. The van der Waals surface area contributed by atoms with Gasteiger partial charge in [-0.25, -0.2) is 9.50 Å². The molecule has 26 heavy (non-hydrogen) atoms. The first-order valence-corrected chi connectivity index (χ1v) is 8.40. The fourth-order valence-corrected chi connectivity index (χ4v) is 3.02. The van der Waals surface area contributed by atoms with Crippen molar-refractivity contribution in [2.45, 2.75) is 17.2 Å². The van der Waals surface area contributed by atoms with E-state index in [1.54, 1.807) is 28.9 Å². The highest BCUT2D eigenvalue weighted by Crippen LogP contribution is 2.31. The van der Waals surface area contributed by atoms with Crippen LogP contribution in [-0.2, 0) is 11.9 Å². The number of thioether (sulfide) groups is 1. The van der Waals surface area contributed by atoms with Crippen LogP contribution in [0.5, 0.6) is 0 Å². The lowest BCUT2D eigenvalue weighted by molar-refractivity contribution is -0.137. The summed E-state index contributed by atoms with van der Waals surface area (Å²) in [6.45, 7) is 0. The van der Waals surface area contributed by atoms with Gasteiger partial charge in [-0.15, -0.1) is 10.2 Å². The molecule has 0 aliphatic carbocycles. The summed E-state index contributed by atoms with van der Waals surface area (Å²) < 4.78 is 45.4. The SMILES string of the molecule is FC(F)(F)c1cccc(CSc2nnc(-c3ccn4ncnc4c3)o2)c1. The second-order valence-corrected chi connectivity index (χ2v) is 6.26. The third-order valence-corrected chi connectivity index (χ3v) is 4.44. The second-order valence-electron chi connectivity index (χ2n) is 5.34.